The second kappa shape index (κ2) is 5.31. The molecule has 1 N–H and O–H groups in total. The summed E-state index contributed by atoms with van der Waals surface area (Å²) in [5, 5.41) is 4.74. The number of rotatable bonds is 2. The van der Waals surface area contributed by atoms with E-state index in [9.17, 15) is 0 Å². The van der Waals surface area contributed by atoms with Gasteiger partial charge in [-0.2, -0.15) is 0 Å². The van der Waals surface area contributed by atoms with Gasteiger partial charge in [-0.15, -0.1) is 0 Å². The molecule has 0 spiro atoms. The van der Waals surface area contributed by atoms with Crippen molar-refractivity contribution in [1.82, 2.24) is 10.3 Å². The van der Waals surface area contributed by atoms with Crippen LogP contribution < -0.4 is 5.32 Å². The van der Waals surface area contributed by atoms with Gasteiger partial charge in [-0.3, -0.25) is 9.98 Å². The number of thioether (sulfide) groups is 1. The summed E-state index contributed by atoms with van der Waals surface area (Å²) in [6.45, 7) is 2.86. The van der Waals surface area contributed by atoms with Gasteiger partial charge in [0.25, 0.3) is 0 Å². The van der Waals surface area contributed by atoms with Crippen molar-refractivity contribution in [3.05, 3.63) is 29.6 Å². The first-order valence-electron chi connectivity index (χ1n) is 6.66. The van der Waals surface area contributed by atoms with Crippen LogP contribution in [0.5, 0.6) is 0 Å². The van der Waals surface area contributed by atoms with Gasteiger partial charge < -0.3 is 5.32 Å². The first-order chi connectivity index (χ1) is 8.83. The van der Waals surface area contributed by atoms with E-state index < -0.39 is 0 Å². The van der Waals surface area contributed by atoms with Gasteiger partial charge in [0.1, 0.15) is 0 Å². The molecule has 1 saturated heterocycles. The van der Waals surface area contributed by atoms with Crippen LogP contribution in [0.25, 0.3) is 0 Å². The highest BCUT2D eigenvalue weighted by atomic mass is 32.2. The number of hydrogen-bond acceptors (Lipinski definition) is 3. The van der Waals surface area contributed by atoms with Crippen molar-refractivity contribution >= 4 is 16.9 Å². The Labute approximate surface area is 112 Å². The van der Waals surface area contributed by atoms with Crippen molar-refractivity contribution < 1.29 is 0 Å². The molecule has 0 radical (unpaired) electrons. The third kappa shape index (κ3) is 2.53. The molecule has 0 aromatic carbocycles. The Morgan fingerprint density at radius 3 is 3.33 bits per heavy atom. The van der Waals surface area contributed by atoms with Crippen LogP contribution in [0, 0.1) is 12.8 Å². The van der Waals surface area contributed by atoms with E-state index in [0.29, 0.717) is 6.04 Å². The summed E-state index contributed by atoms with van der Waals surface area (Å²) in [6.07, 6.45) is 7.83. The smallest absolute Gasteiger partial charge is 0.157 e. The van der Waals surface area contributed by atoms with Crippen LogP contribution in [0.1, 0.15) is 30.4 Å². The van der Waals surface area contributed by atoms with Gasteiger partial charge in [0, 0.05) is 24.2 Å². The zero-order valence-electron chi connectivity index (χ0n) is 10.7. The molecule has 2 atom stereocenters. The summed E-state index contributed by atoms with van der Waals surface area (Å²) in [4.78, 5) is 8.83. The van der Waals surface area contributed by atoms with Gasteiger partial charge in [-0.25, -0.2) is 0 Å². The van der Waals surface area contributed by atoms with Gasteiger partial charge in [-0.05, 0) is 42.9 Å². The van der Waals surface area contributed by atoms with Crippen LogP contribution in [0.3, 0.4) is 0 Å². The van der Waals surface area contributed by atoms with E-state index in [4.69, 9.17) is 4.99 Å². The Morgan fingerprint density at radius 1 is 1.50 bits per heavy atom. The van der Waals surface area contributed by atoms with E-state index in [1.807, 2.05) is 24.2 Å². The first kappa shape index (κ1) is 12.0. The fourth-order valence-electron chi connectivity index (χ4n) is 2.74. The molecule has 0 bridgehead atoms. The van der Waals surface area contributed by atoms with Crippen molar-refractivity contribution in [3.8, 4) is 0 Å². The van der Waals surface area contributed by atoms with Gasteiger partial charge in [0.2, 0.25) is 0 Å². The molecule has 1 aliphatic heterocycles. The molecule has 3 rings (SSSR count). The lowest BCUT2D eigenvalue weighted by Crippen LogP contribution is -2.41. The van der Waals surface area contributed by atoms with Crippen LogP contribution in [-0.2, 0) is 6.54 Å². The standard InChI is InChI=1S/C14H19N3S/c1-10-7-15-6-5-11(10)8-16-14-17-13-4-2-3-12(13)9-18-14/h5-7,12-13H,2-4,8-9H2,1H3,(H,16,17). The largest absolute Gasteiger partial charge is 0.362 e. The lowest BCUT2D eigenvalue weighted by molar-refractivity contribution is 0.489. The Balaban J connectivity index is 1.65. The highest BCUT2D eigenvalue weighted by Crippen LogP contribution is 2.32. The molecule has 1 aliphatic carbocycles. The zero-order chi connectivity index (χ0) is 12.4. The fourth-order valence-corrected chi connectivity index (χ4v) is 3.90. The van der Waals surface area contributed by atoms with E-state index >= 15 is 0 Å². The number of aliphatic imine (C=N–C) groups is 1. The quantitative estimate of drug-likeness (QED) is 0.889. The summed E-state index contributed by atoms with van der Waals surface area (Å²) in [7, 11) is 0. The Bertz CT molecular complexity index is 458. The van der Waals surface area contributed by atoms with E-state index in [0.717, 1.165) is 17.6 Å². The molecule has 18 heavy (non-hydrogen) atoms. The van der Waals surface area contributed by atoms with Gasteiger partial charge in [0.05, 0.1) is 6.54 Å². The molecular weight excluding hydrogens is 242 g/mol. The zero-order valence-corrected chi connectivity index (χ0v) is 11.5. The van der Waals surface area contributed by atoms with Gasteiger partial charge >= 0.3 is 0 Å². The molecule has 2 fully saturated rings. The molecule has 0 amide bonds. The predicted molar refractivity (Wildman–Crippen MR) is 76.8 cm³/mol. The maximum atomic E-state index is 4.72. The maximum absolute atomic E-state index is 4.72. The number of nitrogens with one attached hydrogen (secondary N) is 1. The Morgan fingerprint density at radius 2 is 2.44 bits per heavy atom. The lowest BCUT2D eigenvalue weighted by Gasteiger charge is -2.28. The monoisotopic (exact) mass is 261 g/mol. The number of pyridine rings is 1. The van der Waals surface area contributed by atoms with Crippen molar-refractivity contribution in [2.24, 2.45) is 10.9 Å². The first-order valence-corrected chi connectivity index (χ1v) is 7.65. The number of amidine groups is 1. The van der Waals surface area contributed by atoms with Crippen molar-refractivity contribution in [1.29, 1.82) is 0 Å². The molecule has 1 aromatic heterocycles. The van der Waals surface area contributed by atoms with Crippen LogP contribution in [0.15, 0.2) is 23.5 Å². The Kier molecular flexibility index (Phi) is 3.55. The SMILES string of the molecule is Cc1cnccc1CN=C1NC2CCCC2CS1. The van der Waals surface area contributed by atoms with E-state index in [1.165, 1.54) is 36.1 Å². The molecule has 3 nitrogen and oxygen atoms in total. The number of hydrogen-bond donors (Lipinski definition) is 1. The number of aryl methyl sites for hydroxylation is 1. The average molecular weight is 261 g/mol. The number of fused-ring (bicyclic) bond motifs is 1. The van der Waals surface area contributed by atoms with Crippen LogP contribution in [0.2, 0.25) is 0 Å². The lowest BCUT2D eigenvalue weighted by atomic mass is 10.1. The molecule has 1 saturated carbocycles. The summed E-state index contributed by atoms with van der Waals surface area (Å²) in [5.41, 5.74) is 2.50. The number of aromatic nitrogens is 1. The summed E-state index contributed by atoms with van der Waals surface area (Å²) in [6, 6.07) is 2.74. The van der Waals surface area contributed by atoms with E-state index in [-0.39, 0.29) is 0 Å². The third-order valence-electron chi connectivity index (χ3n) is 3.93. The van der Waals surface area contributed by atoms with Crippen molar-refractivity contribution in [2.45, 2.75) is 38.8 Å². The molecule has 2 heterocycles. The third-order valence-corrected chi connectivity index (χ3v) is 5.05. The van der Waals surface area contributed by atoms with Crippen LogP contribution >= 0.6 is 11.8 Å². The van der Waals surface area contributed by atoms with E-state index in [1.54, 1.807) is 0 Å². The van der Waals surface area contributed by atoms with Crippen molar-refractivity contribution in [3.63, 3.8) is 0 Å². The highest BCUT2D eigenvalue weighted by Gasteiger charge is 2.31. The molecular formula is C14H19N3S. The maximum Gasteiger partial charge on any atom is 0.157 e. The van der Waals surface area contributed by atoms with Gasteiger partial charge in [-0.1, -0.05) is 18.2 Å². The average Bonchev–Trinajstić information content (AvgIpc) is 2.85. The number of nitrogens with zero attached hydrogens (tertiary/aromatic N) is 2. The van der Waals surface area contributed by atoms with Crippen LogP contribution in [-0.4, -0.2) is 21.9 Å². The summed E-state index contributed by atoms with van der Waals surface area (Å²) in [5.74, 6) is 2.11. The normalized spacial score (nSPS) is 29.1. The molecule has 1 aromatic rings. The minimum atomic E-state index is 0.684. The van der Waals surface area contributed by atoms with Gasteiger partial charge in [0.15, 0.2) is 5.17 Å². The fraction of sp³-hybridized carbons (Fsp3) is 0.571. The predicted octanol–water partition coefficient (Wildman–Crippen LogP) is 2.75. The summed E-state index contributed by atoms with van der Waals surface area (Å²) < 4.78 is 0. The molecule has 2 aliphatic rings. The summed E-state index contributed by atoms with van der Waals surface area (Å²) >= 11 is 1.89. The second-order valence-corrected chi connectivity index (χ2v) is 6.19. The minimum absolute atomic E-state index is 0.684. The molecule has 4 heteroatoms. The Hall–Kier alpha value is -1.03. The highest BCUT2D eigenvalue weighted by molar-refractivity contribution is 8.13. The van der Waals surface area contributed by atoms with Crippen LogP contribution in [0.4, 0.5) is 0 Å². The molecule has 96 valence electrons. The molecule has 2 unspecified atom stereocenters. The minimum Gasteiger partial charge on any atom is -0.362 e. The second-order valence-electron chi connectivity index (χ2n) is 5.18. The van der Waals surface area contributed by atoms with Crippen molar-refractivity contribution in [2.75, 3.05) is 5.75 Å². The topological polar surface area (TPSA) is 37.3 Å². The van der Waals surface area contributed by atoms with E-state index in [2.05, 4.69) is 23.3 Å².